The number of hydrogen-bond acceptors (Lipinski definition) is 4. The Bertz CT molecular complexity index is 1030. The van der Waals surface area contributed by atoms with Crippen LogP contribution in [0.2, 0.25) is 0 Å². The zero-order valence-corrected chi connectivity index (χ0v) is 16.5. The van der Waals surface area contributed by atoms with E-state index in [0.717, 1.165) is 28.8 Å². The van der Waals surface area contributed by atoms with Gasteiger partial charge in [0.15, 0.2) is 0 Å². The van der Waals surface area contributed by atoms with Crippen LogP contribution in [0.1, 0.15) is 23.6 Å². The van der Waals surface area contributed by atoms with E-state index >= 15 is 0 Å². The summed E-state index contributed by atoms with van der Waals surface area (Å²) < 4.78 is 27.6. The van der Waals surface area contributed by atoms with Crippen molar-refractivity contribution in [2.75, 3.05) is 10.0 Å². The Morgan fingerprint density at radius 3 is 2.33 bits per heavy atom. The monoisotopic (exact) mass is 381 g/mol. The highest BCUT2D eigenvalue weighted by Crippen LogP contribution is 2.22. The summed E-state index contributed by atoms with van der Waals surface area (Å²) >= 11 is 0. The summed E-state index contributed by atoms with van der Waals surface area (Å²) in [6.07, 6.45) is 2.37. The van der Waals surface area contributed by atoms with Gasteiger partial charge in [0.2, 0.25) is 0 Å². The highest BCUT2D eigenvalue weighted by Gasteiger charge is 2.14. The molecule has 0 amide bonds. The maximum atomic E-state index is 12.5. The lowest BCUT2D eigenvalue weighted by molar-refractivity contribution is 0.601. The van der Waals surface area contributed by atoms with Crippen molar-refractivity contribution in [2.24, 2.45) is 0 Å². The average molecular weight is 382 g/mol. The van der Waals surface area contributed by atoms with E-state index in [1.807, 2.05) is 45.0 Å². The minimum Gasteiger partial charge on any atom is -0.340 e. The third-order valence-electron chi connectivity index (χ3n) is 4.31. The Balaban J connectivity index is 1.74. The van der Waals surface area contributed by atoms with Crippen LogP contribution in [-0.2, 0) is 16.4 Å². The minimum atomic E-state index is -3.63. The van der Waals surface area contributed by atoms with Gasteiger partial charge in [0.05, 0.1) is 16.8 Å². The first-order valence-corrected chi connectivity index (χ1v) is 10.3. The maximum Gasteiger partial charge on any atom is 0.261 e. The number of nitrogens with one attached hydrogen (secondary N) is 2. The minimum absolute atomic E-state index is 0.234. The molecule has 0 bridgehead atoms. The van der Waals surface area contributed by atoms with Gasteiger partial charge >= 0.3 is 0 Å². The van der Waals surface area contributed by atoms with Crippen LogP contribution in [-0.4, -0.2) is 13.4 Å². The normalized spacial score (nSPS) is 11.2. The maximum absolute atomic E-state index is 12.5. The van der Waals surface area contributed by atoms with Gasteiger partial charge in [0.1, 0.15) is 5.82 Å². The fourth-order valence-corrected chi connectivity index (χ4v) is 3.70. The van der Waals surface area contributed by atoms with E-state index in [4.69, 9.17) is 0 Å². The van der Waals surface area contributed by atoms with Gasteiger partial charge in [0.25, 0.3) is 10.0 Å². The molecule has 27 heavy (non-hydrogen) atoms. The van der Waals surface area contributed by atoms with Crippen molar-refractivity contribution in [3.63, 3.8) is 0 Å². The van der Waals surface area contributed by atoms with Gasteiger partial charge in [-0.3, -0.25) is 4.72 Å². The summed E-state index contributed by atoms with van der Waals surface area (Å²) in [7, 11) is -3.63. The number of pyridine rings is 1. The number of sulfonamides is 1. The van der Waals surface area contributed by atoms with E-state index in [1.165, 1.54) is 6.20 Å². The van der Waals surface area contributed by atoms with Crippen molar-refractivity contribution in [1.82, 2.24) is 4.98 Å². The number of aryl methyl sites for hydroxylation is 3. The molecule has 2 N–H and O–H groups in total. The Morgan fingerprint density at radius 1 is 0.963 bits per heavy atom. The Morgan fingerprint density at radius 2 is 1.70 bits per heavy atom. The van der Waals surface area contributed by atoms with Crippen LogP contribution in [0.3, 0.4) is 0 Å². The van der Waals surface area contributed by atoms with Crippen molar-refractivity contribution in [1.29, 1.82) is 0 Å². The highest BCUT2D eigenvalue weighted by atomic mass is 32.2. The van der Waals surface area contributed by atoms with Crippen molar-refractivity contribution in [3.05, 3.63) is 77.5 Å². The molecule has 0 fully saturated rings. The van der Waals surface area contributed by atoms with Gasteiger partial charge in [-0.15, -0.1) is 0 Å². The molecule has 0 saturated heterocycles. The van der Waals surface area contributed by atoms with Crippen molar-refractivity contribution < 1.29 is 8.42 Å². The standard InChI is InChI=1S/C21H23N3O2S/c1-4-17-7-10-19(11-8-17)27(25,26)24-18-9-12-21(22-14-18)23-20-13-15(2)5-6-16(20)3/h5-14,24H,4H2,1-3H3,(H,22,23). The van der Waals surface area contributed by atoms with Gasteiger partial charge in [0, 0.05) is 5.69 Å². The van der Waals surface area contributed by atoms with Gasteiger partial charge in [-0.1, -0.05) is 31.2 Å². The molecule has 6 heteroatoms. The third kappa shape index (κ3) is 4.65. The van der Waals surface area contributed by atoms with E-state index in [0.29, 0.717) is 11.5 Å². The molecule has 5 nitrogen and oxygen atoms in total. The second-order valence-corrected chi connectivity index (χ2v) is 8.16. The fourth-order valence-electron chi connectivity index (χ4n) is 2.66. The lowest BCUT2D eigenvalue weighted by Crippen LogP contribution is -2.13. The van der Waals surface area contributed by atoms with E-state index < -0.39 is 10.0 Å². The predicted molar refractivity (Wildman–Crippen MR) is 110 cm³/mol. The first-order valence-electron chi connectivity index (χ1n) is 8.79. The SMILES string of the molecule is CCc1ccc(S(=O)(=O)Nc2ccc(Nc3cc(C)ccc3C)nc2)cc1. The molecule has 0 spiro atoms. The summed E-state index contributed by atoms with van der Waals surface area (Å²) in [6, 6.07) is 16.5. The fraction of sp³-hybridized carbons (Fsp3) is 0.190. The smallest absolute Gasteiger partial charge is 0.261 e. The van der Waals surface area contributed by atoms with E-state index in [1.54, 1.807) is 24.3 Å². The second-order valence-electron chi connectivity index (χ2n) is 6.48. The number of benzene rings is 2. The molecule has 2 aromatic carbocycles. The summed E-state index contributed by atoms with van der Waals surface area (Å²) in [5.74, 6) is 0.652. The van der Waals surface area contributed by atoms with Gasteiger partial charge in [-0.05, 0) is 67.3 Å². The molecule has 0 atom stereocenters. The van der Waals surface area contributed by atoms with Crippen molar-refractivity contribution in [3.8, 4) is 0 Å². The van der Waals surface area contributed by atoms with Crippen LogP contribution in [0.25, 0.3) is 0 Å². The Labute approximate surface area is 160 Å². The molecule has 1 heterocycles. The first kappa shape index (κ1) is 18.9. The van der Waals surface area contributed by atoms with Crippen molar-refractivity contribution >= 4 is 27.2 Å². The van der Waals surface area contributed by atoms with E-state index in [-0.39, 0.29) is 4.90 Å². The molecule has 0 radical (unpaired) electrons. The lowest BCUT2D eigenvalue weighted by Gasteiger charge is -2.11. The molecule has 0 unspecified atom stereocenters. The Hall–Kier alpha value is -2.86. The molecule has 3 rings (SSSR count). The van der Waals surface area contributed by atoms with Gasteiger partial charge < -0.3 is 5.32 Å². The molecule has 0 saturated carbocycles. The zero-order valence-electron chi connectivity index (χ0n) is 15.7. The molecule has 1 aromatic heterocycles. The average Bonchev–Trinajstić information content (AvgIpc) is 2.66. The molecule has 0 aliphatic heterocycles. The van der Waals surface area contributed by atoms with Gasteiger partial charge in [-0.25, -0.2) is 13.4 Å². The lowest BCUT2D eigenvalue weighted by atomic mass is 10.1. The first-order chi connectivity index (χ1) is 12.9. The summed E-state index contributed by atoms with van der Waals surface area (Å²) in [5, 5.41) is 3.26. The number of hydrogen-bond donors (Lipinski definition) is 2. The Kier molecular flexibility index (Phi) is 5.46. The molecular formula is C21H23N3O2S. The topological polar surface area (TPSA) is 71.1 Å². The predicted octanol–water partition coefficient (Wildman–Crippen LogP) is 4.81. The van der Waals surface area contributed by atoms with Gasteiger partial charge in [-0.2, -0.15) is 0 Å². The number of aromatic nitrogens is 1. The quantitative estimate of drug-likeness (QED) is 0.643. The van der Waals surface area contributed by atoms with Crippen molar-refractivity contribution in [2.45, 2.75) is 32.1 Å². The van der Waals surface area contributed by atoms with Crippen LogP contribution >= 0.6 is 0 Å². The van der Waals surface area contributed by atoms with E-state index in [2.05, 4.69) is 21.1 Å². The van der Waals surface area contributed by atoms with Crippen LogP contribution in [0.5, 0.6) is 0 Å². The summed E-state index contributed by atoms with van der Waals surface area (Å²) in [6.45, 7) is 6.08. The largest absolute Gasteiger partial charge is 0.340 e. The molecule has 0 aliphatic rings. The van der Waals surface area contributed by atoms with Crippen LogP contribution in [0.4, 0.5) is 17.2 Å². The number of anilines is 3. The number of rotatable bonds is 6. The molecule has 0 aliphatic carbocycles. The summed E-state index contributed by atoms with van der Waals surface area (Å²) in [5.41, 5.74) is 4.76. The molecule has 3 aromatic rings. The molecule has 140 valence electrons. The second kappa shape index (κ2) is 7.80. The zero-order chi connectivity index (χ0) is 19.4. The third-order valence-corrected chi connectivity index (χ3v) is 5.71. The van der Waals surface area contributed by atoms with Crippen LogP contribution in [0.15, 0.2) is 65.7 Å². The summed E-state index contributed by atoms with van der Waals surface area (Å²) in [4.78, 5) is 4.55. The highest BCUT2D eigenvalue weighted by molar-refractivity contribution is 7.92. The van der Waals surface area contributed by atoms with E-state index in [9.17, 15) is 8.42 Å². The van der Waals surface area contributed by atoms with Crippen LogP contribution < -0.4 is 10.0 Å². The van der Waals surface area contributed by atoms with Crippen LogP contribution in [0, 0.1) is 13.8 Å². The number of nitrogens with zero attached hydrogens (tertiary/aromatic N) is 1. The molecular weight excluding hydrogens is 358 g/mol.